The summed E-state index contributed by atoms with van der Waals surface area (Å²) in [7, 11) is 0. The van der Waals surface area contributed by atoms with Crippen LogP contribution in [0.4, 0.5) is 0 Å². The van der Waals surface area contributed by atoms with Crippen molar-refractivity contribution in [1.29, 1.82) is 5.26 Å². The van der Waals surface area contributed by atoms with Gasteiger partial charge in [-0.15, -0.1) is 0 Å². The van der Waals surface area contributed by atoms with Gasteiger partial charge in [0.05, 0.1) is 6.07 Å². The first-order chi connectivity index (χ1) is 13.8. The molecule has 0 atom stereocenters. The van der Waals surface area contributed by atoms with Crippen molar-refractivity contribution < 1.29 is 14.3 Å². The van der Waals surface area contributed by atoms with Crippen LogP contribution in [0, 0.1) is 18.3 Å². The summed E-state index contributed by atoms with van der Waals surface area (Å²) in [6.07, 6.45) is 0.519. The molecule has 0 aliphatic rings. The highest BCUT2D eigenvalue weighted by atomic mass is 16.5. The lowest BCUT2D eigenvalue weighted by molar-refractivity contribution is -0.120. The van der Waals surface area contributed by atoms with Crippen molar-refractivity contribution in [2.75, 3.05) is 19.8 Å². The smallest absolute Gasteiger partial charge is 0.234 e. The Balaban J connectivity index is 1.89. The number of amides is 1. The number of aryl methyl sites for hydroxylation is 1. The van der Waals surface area contributed by atoms with Crippen LogP contribution < -0.4 is 14.8 Å². The van der Waals surface area contributed by atoms with E-state index < -0.39 is 0 Å². The van der Waals surface area contributed by atoms with Gasteiger partial charge in [-0.2, -0.15) is 5.26 Å². The maximum Gasteiger partial charge on any atom is 0.234 e. The quantitative estimate of drug-likeness (QED) is 0.643. The second kappa shape index (κ2) is 10.5. The van der Waals surface area contributed by atoms with E-state index in [0.29, 0.717) is 26.2 Å². The molecular formula is C24H30N2O3. The van der Waals surface area contributed by atoms with E-state index in [-0.39, 0.29) is 17.7 Å². The van der Waals surface area contributed by atoms with E-state index in [9.17, 15) is 4.79 Å². The Morgan fingerprint density at radius 2 is 1.76 bits per heavy atom. The second-order valence-corrected chi connectivity index (χ2v) is 7.99. The molecule has 0 aromatic heterocycles. The molecule has 2 aromatic carbocycles. The van der Waals surface area contributed by atoms with E-state index in [1.807, 2.05) is 36.4 Å². The number of rotatable bonds is 9. The molecule has 0 spiro atoms. The fourth-order valence-electron chi connectivity index (χ4n) is 2.98. The fourth-order valence-corrected chi connectivity index (χ4v) is 2.98. The Labute approximate surface area is 173 Å². The van der Waals surface area contributed by atoms with Crippen molar-refractivity contribution >= 4 is 5.91 Å². The highest BCUT2D eigenvalue weighted by molar-refractivity contribution is 5.77. The van der Waals surface area contributed by atoms with Gasteiger partial charge >= 0.3 is 0 Å². The molecule has 1 amide bonds. The molecule has 0 aliphatic heterocycles. The minimum atomic E-state index is -0.257. The fraction of sp³-hybridized carbons (Fsp3) is 0.417. The number of benzene rings is 2. The molecular weight excluding hydrogens is 364 g/mol. The molecule has 0 heterocycles. The van der Waals surface area contributed by atoms with Gasteiger partial charge in [-0.05, 0) is 42.0 Å². The van der Waals surface area contributed by atoms with E-state index in [2.05, 4.69) is 45.1 Å². The number of hydrogen-bond acceptors (Lipinski definition) is 4. The van der Waals surface area contributed by atoms with Gasteiger partial charge in [-0.1, -0.05) is 56.7 Å². The number of carbonyl (C=O) groups excluding carboxylic acids is 1. The van der Waals surface area contributed by atoms with Crippen LogP contribution in [0.3, 0.4) is 0 Å². The van der Waals surface area contributed by atoms with E-state index in [1.165, 1.54) is 11.1 Å². The average Bonchev–Trinajstić information content (AvgIpc) is 2.66. The van der Waals surface area contributed by atoms with Crippen LogP contribution in [0.5, 0.6) is 11.5 Å². The molecule has 0 aliphatic carbocycles. The molecule has 0 radical (unpaired) electrons. The van der Waals surface area contributed by atoms with Gasteiger partial charge in [-0.25, -0.2) is 0 Å². The minimum absolute atomic E-state index is 0.00475. The molecule has 0 unspecified atom stereocenters. The van der Waals surface area contributed by atoms with Crippen LogP contribution in [0.15, 0.2) is 42.5 Å². The molecule has 0 bridgehead atoms. The summed E-state index contributed by atoms with van der Waals surface area (Å²) in [5.41, 5.74) is 3.42. The zero-order valence-electron chi connectivity index (χ0n) is 17.7. The van der Waals surface area contributed by atoms with Crippen molar-refractivity contribution in [2.24, 2.45) is 0 Å². The van der Waals surface area contributed by atoms with Crippen LogP contribution in [-0.4, -0.2) is 25.7 Å². The van der Waals surface area contributed by atoms with Gasteiger partial charge in [0, 0.05) is 6.54 Å². The van der Waals surface area contributed by atoms with Crippen molar-refractivity contribution in [3.63, 3.8) is 0 Å². The lowest BCUT2D eigenvalue weighted by Crippen LogP contribution is -2.25. The highest BCUT2D eigenvalue weighted by Crippen LogP contribution is 2.32. The number of ether oxygens (including phenoxy) is 2. The van der Waals surface area contributed by atoms with Gasteiger partial charge in [0.1, 0.15) is 31.1 Å². The Hall–Kier alpha value is -3.00. The molecule has 2 rings (SSSR count). The first-order valence-corrected chi connectivity index (χ1v) is 9.89. The van der Waals surface area contributed by atoms with Crippen LogP contribution >= 0.6 is 0 Å². The highest BCUT2D eigenvalue weighted by Gasteiger charge is 2.19. The number of hydrogen-bond donors (Lipinski definition) is 1. The Bertz CT molecular complexity index is 863. The van der Waals surface area contributed by atoms with Crippen LogP contribution in [0.25, 0.3) is 0 Å². The van der Waals surface area contributed by atoms with Gasteiger partial charge in [0.2, 0.25) is 5.91 Å². The van der Waals surface area contributed by atoms with Crippen LogP contribution in [-0.2, 0) is 16.6 Å². The van der Waals surface area contributed by atoms with Crippen molar-refractivity contribution in [1.82, 2.24) is 5.32 Å². The largest absolute Gasteiger partial charge is 0.490 e. The van der Waals surface area contributed by atoms with Crippen molar-refractivity contribution in [2.45, 2.75) is 46.0 Å². The zero-order chi connectivity index (χ0) is 21.3. The molecule has 0 saturated heterocycles. The predicted molar refractivity (Wildman–Crippen MR) is 114 cm³/mol. The Morgan fingerprint density at radius 3 is 2.45 bits per heavy atom. The third kappa shape index (κ3) is 7.15. The van der Waals surface area contributed by atoms with Gasteiger partial charge < -0.3 is 14.8 Å². The second-order valence-electron chi connectivity index (χ2n) is 7.99. The predicted octanol–water partition coefficient (Wildman–Crippen LogP) is 4.32. The molecule has 29 heavy (non-hydrogen) atoms. The van der Waals surface area contributed by atoms with Gasteiger partial charge in [-0.3, -0.25) is 4.79 Å². The maximum atomic E-state index is 11.4. The lowest BCUT2D eigenvalue weighted by atomic mass is 9.85. The van der Waals surface area contributed by atoms with Crippen molar-refractivity contribution in [3.8, 4) is 17.6 Å². The number of para-hydroxylation sites is 1. The molecule has 154 valence electrons. The van der Waals surface area contributed by atoms with Crippen LogP contribution in [0.2, 0.25) is 0 Å². The summed E-state index contributed by atoms with van der Waals surface area (Å²) in [4.78, 5) is 11.4. The summed E-state index contributed by atoms with van der Waals surface area (Å²) in [6.45, 7) is 9.95. The topological polar surface area (TPSA) is 71.3 Å². The molecule has 5 nitrogen and oxygen atoms in total. The standard InChI is InChI=1S/C24H30N2O3/c1-18-9-10-22(20(17-18)24(2,3)4)29-16-15-28-21-8-6-5-7-19(21)12-14-26-23(27)11-13-25/h5-10,17H,11-12,14-16H2,1-4H3,(H,26,27). The van der Waals surface area contributed by atoms with Gasteiger partial charge in [0.15, 0.2) is 0 Å². The normalized spacial score (nSPS) is 10.9. The molecule has 0 fully saturated rings. The Morgan fingerprint density at radius 1 is 1.07 bits per heavy atom. The number of nitrogens with zero attached hydrogens (tertiary/aromatic N) is 1. The van der Waals surface area contributed by atoms with E-state index >= 15 is 0 Å². The average molecular weight is 395 g/mol. The Kier molecular flexibility index (Phi) is 8.09. The summed E-state index contributed by atoms with van der Waals surface area (Å²) in [5, 5.41) is 11.3. The minimum Gasteiger partial charge on any atom is -0.490 e. The summed E-state index contributed by atoms with van der Waals surface area (Å²) >= 11 is 0. The maximum absolute atomic E-state index is 11.4. The SMILES string of the molecule is Cc1ccc(OCCOc2ccccc2CCNC(=O)CC#N)c(C(C)(C)C)c1. The van der Waals surface area contributed by atoms with Crippen LogP contribution in [0.1, 0.15) is 43.9 Å². The number of nitrogens with one attached hydrogen (secondary N) is 1. The van der Waals surface area contributed by atoms with E-state index in [1.54, 1.807) is 0 Å². The number of nitriles is 1. The number of carbonyl (C=O) groups is 1. The molecule has 1 N–H and O–H groups in total. The summed E-state index contributed by atoms with van der Waals surface area (Å²) in [5.74, 6) is 1.41. The lowest BCUT2D eigenvalue weighted by Gasteiger charge is -2.23. The molecule has 0 saturated carbocycles. The molecule has 2 aromatic rings. The third-order valence-corrected chi connectivity index (χ3v) is 4.47. The first-order valence-electron chi connectivity index (χ1n) is 9.89. The third-order valence-electron chi connectivity index (χ3n) is 4.47. The monoisotopic (exact) mass is 394 g/mol. The van der Waals surface area contributed by atoms with Crippen molar-refractivity contribution in [3.05, 3.63) is 59.2 Å². The van der Waals surface area contributed by atoms with E-state index in [4.69, 9.17) is 14.7 Å². The first kappa shape index (κ1) is 22.3. The molecule has 5 heteroatoms. The summed E-state index contributed by atoms with van der Waals surface area (Å²) in [6, 6.07) is 15.8. The van der Waals surface area contributed by atoms with Gasteiger partial charge in [0.25, 0.3) is 0 Å². The van der Waals surface area contributed by atoms with E-state index in [0.717, 1.165) is 17.1 Å². The zero-order valence-corrected chi connectivity index (χ0v) is 17.7. The summed E-state index contributed by atoms with van der Waals surface area (Å²) < 4.78 is 11.9.